The van der Waals surface area contributed by atoms with Crippen molar-refractivity contribution in [2.24, 2.45) is 0 Å². The van der Waals surface area contributed by atoms with Crippen molar-refractivity contribution >= 4 is 33.1 Å². The highest BCUT2D eigenvalue weighted by Gasteiger charge is 2.20. The third kappa shape index (κ3) is 7.52. The highest BCUT2D eigenvalue weighted by atomic mass is 32.2. The van der Waals surface area contributed by atoms with Gasteiger partial charge in [0.05, 0.1) is 11.9 Å². The topological polar surface area (TPSA) is 83.6 Å². The van der Waals surface area contributed by atoms with E-state index in [9.17, 15) is 18.0 Å². The molecule has 3 rings (SSSR count). The summed E-state index contributed by atoms with van der Waals surface area (Å²) in [6, 6.07) is 20.1. The van der Waals surface area contributed by atoms with Gasteiger partial charge in [-0.3, -0.25) is 13.9 Å². The number of sulfonamides is 1. The van der Waals surface area contributed by atoms with Crippen molar-refractivity contribution in [2.75, 3.05) is 22.4 Å². The van der Waals surface area contributed by atoms with Gasteiger partial charge in [-0.25, -0.2) is 8.42 Å². The van der Waals surface area contributed by atoms with Gasteiger partial charge in [0.25, 0.3) is 0 Å². The molecule has 7 heteroatoms. The van der Waals surface area contributed by atoms with E-state index in [-0.39, 0.29) is 30.1 Å². The number of benzene rings is 3. The smallest absolute Gasteiger partial charge is 0.232 e. The van der Waals surface area contributed by atoms with Crippen LogP contribution in [0.5, 0.6) is 0 Å². The van der Waals surface area contributed by atoms with Crippen LogP contribution in [0.2, 0.25) is 0 Å². The van der Waals surface area contributed by atoms with Gasteiger partial charge in [0.15, 0.2) is 5.78 Å². The second-order valence-electron chi connectivity index (χ2n) is 10.5. The maximum Gasteiger partial charge on any atom is 0.232 e. The molecule has 0 bridgehead atoms. The largest absolute Gasteiger partial charge is 0.326 e. The van der Waals surface area contributed by atoms with E-state index in [1.807, 2.05) is 56.3 Å². The van der Waals surface area contributed by atoms with Crippen molar-refractivity contribution in [3.8, 4) is 0 Å². The van der Waals surface area contributed by atoms with Crippen LogP contribution < -0.4 is 9.62 Å². The first-order valence-electron chi connectivity index (χ1n) is 12.4. The van der Waals surface area contributed by atoms with Crippen LogP contribution >= 0.6 is 0 Å². The molecule has 0 aliphatic carbocycles. The number of nitrogens with one attached hydrogen (secondary N) is 1. The lowest BCUT2D eigenvalue weighted by molar-refractivity contribution is -0.116. The molecule has 0 spiro atoms. The van der Waals surface area contributed by atoms with Gasteiger partial charge in [-0.15, -0.1) is 0 Å². The van der Waals surface area contributed by atoms with Gasteiger partial charge in [0.1, 0.15) is 0 Å². The summed E-state index contributed by atoms with van der Waals surface area (Å²) < 4.78 is 26.2. The summed E-state index contributed by atoms with van der Waals surface area (Å²) >= 11 is 0. The summed E-state index contributed by atoms with van der Waals surface area (Å²) in [5.74, 6) is -0.359. The number of carbonyl (C=O) groups is 2. The Labute approximate surface area is 220 Å². The maximum absolute atomic E-state index is 13.0. The van der Waals surface area contributed by atoms with E-state index < -0.39 is 10.0 Å². The molecule has 0 aliphatic heterocycles. The molecule has 0 fully saturated rings. The molecule has 0 unspecified atom stereocenters. The van der Waals surface area contributed by atoms with Gasteiger partial charge in [0, 0.05) is 29.8 Å². The number of rotatable bonds is 9. The van der Waals surface area contributed by atoms with E-state index in [2.05, 4.69) is 26.1 Å². The van der Waals surface area contributed by atoms with Gasteiger partial charge in [-0.1, -0.05) is 69.3 Å². The third-order valence-electron chi connectivity index (χ3n) is 6.22. The van der Waals surface area contributed by atoms with E-state index in [1.54, 1.807) is 24.3 Å². The summed E-state index contributed by atoms with van der Waals surface area (Å²) in [5, 5.41) is 2.83. The minimum Gasteiger partial charge on any atom is -0.326 e. The van der Waals surface area contributed by atoms with Crippen LogP contribution in [0.1, 0.15) is 66.2 Å². The van der Waals surface area contributed by atoms with Gasteiger partial charge in [-0.2, -0.15) is 0 Å². The fourth-order valence-electron chi connectivity index (χ4n) is 4.09. The molecular weight excluding hydrogens is 484 g/mol. The zero-order chi connectivity index (χ0) is 27.4. The van der Waals surface area contributed by atoms with Crippen molar-refractivity contribution in [3.05, 3.63) is 94.5 Å². The quantitative estimate of drug-likeness (QED) is 0.350. The molecule has 3 aromatic rings. The Balaban J connectivity index is 1.64. The monoisotopic (exact) mass is 520 g/mol. The molecule has 1 amide bonds. The Morgan fingerprint density at radius 2 is 1.57 bits per heavy atom. The number of aryl methyl sites for hydroxylation is 2. The lowest BCUT2D eigenvalue weighted by atomic mass is 9.86. The maximum atomic E-state index is 13.0. The molecule has 0 saturated carbocycles. The molecule has 6 nitrogen and oxygen atoms in total. The Morgan fingerprint density at radius 3 is 2.19 bits per heavy atom. The second-order valence-corrected chi connectivity index (χ2v) is 12.4. The third-order valence-corrected chi connectivity index (χ3v) is 7.40. The minimum atomic E-state index is -3.50. The van der Waals surface area contributed by atoms with Crippen LogP contribution in [0.3, 0.4) is 0 Å². The Kier molecular flexibility index (Phi) is 8.59. The van der Waals surface area contributed by atoms with Crippen LogP contribution in [-0.2, 0) is 20.2 Å². The molecule has 0 aliphatic rings. The van der Waals surface area contributed by atoms with Gasteiger partial charge in [-0.05, 0) is 60.6 Å². The van der Waals surface area contributed by atoms with Gasteiger partial charge in [0.2, 0.25) is 15.9 Å². The van der Waals surface area contributed by atoms with Crippen molar-refractivity contribution in [2.45, 2.75) is 52.9 Å². The molecule has 1 N–H and O–H groups in total. The number of hydrogen-bond donors (Lipinski definition) is 1. The lowest BCUT2D eigenvalue weighted by Crippen LogP contribution is -2.32. The van der Waals surface area contributed by atoms with Crippen LogP contribution in [0.25, 0.3) is 0 Å². The van der Waals surface area contributed by atoms with Crippen molar-refractivity contribution in [1.29, 1.82) is 0 Å². The molecule has 0 heterocycles. The van der Waals surface area contributed by atoms with Crippen LogP contribution in [0.15, 0.2) is 66.7 Å². The molecule has 3 aromatic carbocycles. The van der Waals surface area contributed by atoms with Crippen molar-refractivity contribution in [1.82, 2.24) is 0 Å². The van der Waals surface area contributed by atoms with Gasteiger partial charge < -0.3 is 5.32 Å². The zero-order valence-electron chi connectivity index (χ0n) is 22.5. The van der Waals surface area contributed by atoms with E-state index in [1.165, 1.54) is 10.6 Å². The van der Waals surface area contributed by atoms with E-state index >= 15 is 0 Å². The Bertz CT molecular complexity index is 1390. The highest BCUT2D eigenvalue weighted by molar-refractivity contribution is 7.92. The molecule has 0 aromatic heterocycles. The fraction of sp³-hybridized carbons (Fsp3) is 0.333. The molecule has 37 heavy (non-hydrogen) atoms. The zero-order valence-corrected chi connectivity index (χ0v) is 23.3. The number of nitrogens with zero attached hydrogens (tertiary/aromatic N) is 1. The second kappa shape index (κ2) is 11.3. The number of carbonyl (C=O) groups excluding carboxylic acids is 2. The Morgan fingerprint density at radius 1 is 0.892 bits per heavy atom. The summed E-state index contributed by atoms with van der Waals surface area (Å²) in [6.07, 6.45) is 1.67. The summed E-state index contributed by atoms with van der Waals surface area (Å²) in [6.45, 7) is 10.3. The minimum absolute atomic E-state index is 0.00297. The summed E-state index contributed by atoms with van der Waals surface area (Å²) in [5.41, 5.74) is 5.20. The number of hydrogen-bond acceptors (Lipinski definition) is 4. The molecule has 0 atom stereocenters. The van der Waals surface area contributed by atoms with Crippen molar-refractivity contribution in [3.63, 3.8) is 0 Å². The van der Waals surface area contributed by atoms with Crippen molar-refractivity contribution < 1.29 is 18.0 Å². The molecular formula is C30H36N2O4S. The number of amides is 1. The van der Waals surface area contributed by atoms with Crippen LogP contribution in [-0.4, -0.2) is 32.9 Å². The Hall–Kier alpha value is -3.45. The summed E-state index contributed by atoms with van der Waals surface area (Å²) in [4.78, 5) is 25.6. The lowest BCUT2D eigenvalue weighted by Gasteiger charge is -2.24. The van der Waals surface area contributed by atoms with E-state index in [4.69, 9.17) is 0 Å². The molecule has 0 saturated heterocycles. The predicted molar refractivity (Wildman–Crippen MR) is 151 cm³/mol. The number of ketones is 1. The predicted octanol–water partition coefficient (Wildman–Crippen LogP) is 6.02. The van der Waals surface area contributed by atoms with Gasteiger partial charge >= 0.3 is 0 Å². The summed E-state index contributed by atoms with van der Waals surface area (Å²) in [7, 11) is -3.50. The highest BCUT2D eigenvalue weighted by Crippen LogP contribution is 2.25. The van der Waals surface area contributed by atoms with E-state index in [0.29, 0.717) is 28.9 Å². The average Bonchev–Trinajstić information content (AvgIpc) is 2.82. The fourth-order valence-corrected chi connectivity index (χ4v) is 5.10. The molecule has 0 radical (unpaired) electrons. The van der Waals surface area contributed by atoms with E-state index in [0.717, 1.165) is 16.7 Å². The van der Waals surface area contributed by atoms with Crippen LogP contribution in [0, 0.1) is 13.8 Å². The average molecular weight is 521 g/mol. The standard InChI is InChI=1S/C30H36N2O4S/c1-21-12-13-22(2)27(19-21)32(37(6,35)36)18-8-11-28(33)31-26-10-7-9-24(20-26)29(34)23-14-16-25(17-15-23)30(3,4)5/h7,9-10,12-17,19-20H,8,11,18H2,1-6H3,(H,31,33). The normalized spacial score (nSPS) is 11.7. The SMILES string of the molecule is Cc1ccc(C)c(N(CCCC(=O)Nc2cccc(C(=O)c3ccc(C(C)(C)C)cc3)c2)S(C)(=O)=O)c1. The first kappa shape index (κ1) is 28.1. The van der Waals surface area contributed by atoms with Crippen LogP contribution in [0.4, 0.5) is 11.4 Å². The molecule has 196 valence electrons. The first-order valence-corrected chi connectivity index (χ1v) is 14.2. The number of anilines is 2. The first-order chi connectivity index (χ1) is 17.3.